The van der Waals surface area contributed by atoms with Crippen LogP contribution in [0.4, 0.5) is 4.79 Å². The van der Waals surface area contributed by atoms with Crippen LogP contribution in [-0.4, -0.2) is 12.1 Å². The van der Waals surface area contributed by atoms with Crippen molar-refractivity contribution in [3.8, 4) is 0 Å². The summed E-state index contributed by atoms with van der Waals surface area (Å²) in [4.78, 5) is 11.7. The average molecular weight is 248 g/mol. The minimum atomic E-state index is -0.102. The molecule has 3 heteroatoms. The van der Waals surface area contributed by atoms with Crippen LogP contribution >= 0.6 is 0 Å². The van der Waals surface area contributed by atoms with Crippen molar-refractivity contribution >= 4 is 6.03 Å². The van der Waals surface area contributed by atoms with E-state index in [0.29, 0.717) is 0 Å². The molecule has 0 radical (unpaired) electrons. The molecule has 2 amide bonds. The van der Waals surface area contributed by atoms with E-state index >= 15 is 0 Å². The lowest BCUT2D eigenvalue weighted by Crippen LogP contribution is -2.41. The fraction of sp³-hybridized carbons (Fsp3) is 0.533. The first-order valence-electron chi connectivity index (χ1n) is 6.58. The number of hydrogen-bond donors (Lipinski definition) is 2. The van der Waals surface area contributed by atoms with Crippen LogP contribution in [0.15, 0.2) is 18.2 Å². The maximum Gasteiger partial charge on any atom is 0.315 e. The Morgan fingerprint density at radius 2 is 1.83 bits per heavy atom. The highest BCUT2D eigenvalue weighted by atomic mass is 16.2. The fourth-order valence-electron chi connectivity index (χ4n) is 1.68. The first-order valence-corrected chi connectivity index (χ1v) is 6.58. The second-order valence-corrected chi connectivity index (χ2v) is 4.99. The maximum atomic E-state index is 11.7. The molecule has 1 aromatic carbocycles. The number of carbonyl (C=O) groups excluding carboxylic acids is 1. The van der Waals surface area contributed by atoms with E-state index in [1.165, 1.54) is 11.1 Å². The Balaban J connectivity index is 2.62. The van der Waals surface area contributed by atoms with Gasteiger partial charge in [0.15, 0.2) is 0 Å². The molecule has 0 heterocycles. The van der Waals surface area contributed by atoms with Crippen LogP contribution in [0.1, 0.15) is 49.9 Å². The Bertz CT molecular complexity index is 415. The quantitative estimate of drug-likeness (QED) is 0.841. The van der Waals surface area contributed by atoms with Crippen molar-refractivity contribution in [1.29, 1.82) is 0 Å². The van der Waals surface area contributed by atoms with E-state index < -0.39 is 0 Å². The van der Waals surface area contributed by atoms with Crippen LogP contribution < -0.4 is 10.6 Å². The summed E-state index contributed by atoms with van der Waals surface area (Å²) in [6.45, 7) is 10.2. The summed E-state index contributed by atoms with van der Waals surface area (Å²) in [5.74, 6) is 0. The monoisotopic (exact) mass is 248 g/mol. The smallest absolute Gasteiger partial charge is 0.315 e. The number of rotatable bonds is 4. The average Bonchev–Trinajstić information content (AvgIpc) is 2.32. The summed E-state index contributed by atoms with van der Waals surface area (Å²) in [5, 5.41) is 5.86. The number of amides is 2. The van der Waals surface area contributed by atoms with Crippen LogP contribution in [0.3, 0.4) is 0 Å². The zero-order chi connectivity index (χ0) is 13.7. The third-order valence-electron chi connectivity index (χ3n) is 3.37. The van der Waals surface area contributed by atoms with Crippen molar-refractivity contribution < 1.29 is 4.79 Å². The van der Waals surface area contributed by atoms with Crippen molar-refractivity contribution in [3.05, 3.63) is 34.9 Å². The molecule has 0 aliphatic heterocycles. The Morgan fingerprint density at radius 1 is 1.17 bits per heavy atom. The van der Waals surface area contributed by atoms with Crippen LogP contribution in [0.5, 0.6) is 0 Å². The molecule has 0 aliphatic rings. The summed E-state index contributed by atoms with van der Waals surface area (Å²) in [5.41, 5.74) is 3.66. The first-order chi connectivity index (χ1) is 8.43. The van der Waals surface area contributed by atoms with Gasteiger partial charge in [0.1, 0.15) is 0 Å². The molecule has 3 nitrogen and oxygen atoms in total. The van der Waals surface area contributed by atoms with E-state index in [4.69, 9.17) is 0 Å². The van der Waals surface area contributed by atoms with Gasteiger partial charge in [-0.25, -0.2) is 4.79 Å². The molecule has 18 heavy (non-hydrogen) atoms. The van der Waals surface area contributed by atoms with Gasteiger partial charge in [-0.15, -0.1) is 0 Å². The van der Waals surface area contributed by atoms with Gasteiger partial charge >= 0.3 is 6.03 Å². The molecule has 0 bridgehead atoms. The van der Waals surface area contributed by atoms with E-state index in [0.717, 1.165) is 12.0 Å². The van der Waals surface area contributed by atoms with Gasteiger partial charge in [-0.3, -0.25) is 0 Å². The predicted molar refractivity (Wildman–Crippen MR) is 75.8 cm³/mol. The Kier molecular flexibility index (Phi) is 5.20. The van der Waals surface area contributed by atoms with Crippen molar-refractivity contribution in [2.45, 2.75) is 53.1 Å². The van der Waals surface area contributed by atoms with Gasteiger partial charge in [0.05, 0.1) is 6.04 Å². The highest BCUT2D eigenvalue weighted by molar-refractivity contribution is 5.74. The zero-order valence-electron chi connectivity index (χ0n) is 12.0. The predicted octanol–water partition coefficient (Wildman–Crippen LogP) is 3.46. The molecule has 1 rings (SSSR count). The lowest BCUT2D eigenvalue weighted by atomic mass is 10.0. The number of aryl methyl sites for hydroxylation is 2. The number of urea groups is 1. The van der Waals surface area contributed by atoms with Gasteiger partial charge in [-0.2, -0.15) is 0 Å². The SMILES string of the molecule is CC[C@@H](C)NC(=O)N[C@@H](C)c1ccc(C)c(C)c1. The van der Waals surface area contributed by atoms with E-state index in [9.17, 15) is 4.79 Å². The topological polar surface area (TPSA) is 41.1 Å². The second-order valence-electron chi connectivity index (χ2n) is 4.99. The highest BCUT2D eigenvalue weighted by Gasteiger charge is 2.11. The molecule has 0 aliphatic carbocycles. The first kappa shape index (κ1) is 14.6. The Hall–Kier alpha value is -1.51. The third-order valence-corrected chi connectivity index (χ3v) is 3.37. The van der Waals surface area contributed by atoms with Crippen LogP contribution in [-0.2, 0) is 0 Å². The van der Waals surface area contributed by atoms with Gasteiger partial charge in [0.2, 0.25) is 0 Å². The minimum Gasteiger partial charge on any atom is -0.336 e. The molecule has 0 aromatic heterocycles. The van der Waals surface area contributed by atoms with Crippen molar-refractivity contribution in [3.63, 3.8) is 0 Å². The van der Waals surface area contributed by atoms with Crippen molar-refractivity contribution in [2.75, 3.05) is 0 Å². The number of benzene rings is 1. The number of nitrogens with one attached hydrogen (secondary N) is 2. The molecule has 0 spiro atoms. The molecule has 0 unspecified atom stereocenters. The van der Waals surface area contributed by atoms with Gasteiger partial charge in [-0.05, 0) is 50.8 Å². The summed E-state index contributed by atoms with van der Waals surface area (Å²) in [6.07, 6.45) is 0.936. The fourth-order valence-corrected chi connectivity index (χ4v) is 1.68. The summed E-state index contributed by atoms with van der Waals surface area (Å²) < 4.78 is 0. The number of carbonyl (C=O) groups is 1. The highest BCUT2D eigenvalue weighted by Crippen LogP contribution is 2.16. The van der Waals surface area contributed by atoms with Crippen LogP contribution in [0.25, 0.3) is 0 Å². The van der Waals surface area contributed by atoms with Gasteiger partial charge in [0, 0.05) is 6.04 Å². The van der Waals surface area contributed by atoms with E-state index in [1.807, 2.05) is 13.8 Å². The maximum absolute atomic E-state index is 11.7. The summed E-state index contributed by atoms with van der Waals surface area (Å²) in [6, 6.07) is 6.41. The molecule has 1 aromatic rings. The molecular weight excluding hydrogens is 224 g/mol. The van der Waals surface area contributed by atoms with Crippen molar-refractivity contribution in [2.24, 2.45) is 0 Å². The third kappa shape index (κ3) is 4.06. The normalized spacial score (nSPS) is 13.8. The molecule has 0 fully saturated rings. The molecule has 100 valence electrons. The molecule has 2 atom stereocenters. The summed E-state index contributed by atoms with van der Waals surface area (Å²) in [7, 11) is 0. The van der Waals surface area contributed by atoms with E-state index in [2.05, 4.69) is 49.6 Å². The lowest BCUT2D eigenvalue weighted by Gasteiger charge is -2.18. The van der Waals surface area contributed by atoms with E-state index in [-0.39, 0.29) is 18.1 Å². The standard InChI is InChI=1S/C15H24N2O/c1-6-12(4)16-15(18)17-13(5)14-8-7-10(2)11(3)9-14/h7-9,12-13H,6H2,1-5H3,(H2,16,17,18)/t12-,13+/m1/s1. The van der Waals surface area contributed by atoms with E-state index in [1.54, 1.807) is 0 Å². The number of hydrogen-bond acceptors (Lipinski definition) is 1. The molecule has 2 N–H and O–H groups in total. The zero-order valence-corrected chi connectivity index (χ0v) is 12.0. The van der Waals surface area contributed by atoms with Gasteiger partial charge in [-0.1, -0.05) is 25.1 Å². The Morgan fingerprint density at radius 3 is 2.39 bits per heavy atom. The van der Waals surface area contributed by atoms with Gasteiger partial charge in [0.25, 0.3) is 0 Å². The van der Waals surface area contributed by atoms with Crippen molar-refractivity contribution in [1.82, 2.24) is 10.6 Å². The lowest BCUT2D eigenvalue weighted by molar-refractivity contribution is 0.234. The largest absolute Gasteiger partial charge is 0.336 e. The summed E-state index contributed by atoms with van der Waals surface area (Å²) >= 11 is 0. The van der Waals surface area contributed by atoms with Crippen LogP contribution in [0, 0.1) is 13.8 Å². The minimum absolute atomic E-state index is 0.0216. The Labute approximate surface area is 110 Å². The molecule has 0 saturated carbocycles. The second kappa shape index (κ2) is 6.43. The molecule has 0 saturated heterocycles. The van der Waals surface area contributed by atoms with Crippen LogP contribution in [0.2, 0.25) is 0 Å². The molecular formula is C15H24N2O. The van der Waals surface area contributed by atoms with Gasteiger partial charge < -0.3 is 10.6 Å².